The van der Waals surface area contributed by atoms with Crippen molar-refractivity contribution < 1.29 is 14.3 Å². The van der Waals surface area contributed by atoms with Crippen molar-refractivity contribution in [2.45, 2.75) is 25.8 Å². The first-order valence-corrected chi connectivity index (χ1v) is 8.57. The van der Waals surface area contributed by atoms with Gasteiger partial charge in [0.15, 0.2) is 12.3 Å². The predicted octanol–water partition coefficient (Wildman–Crippen LogP) is 2.86. The van der Waals surface area contributed by atoms with Crippen molar-refractivity contribution in [2.24, 2.45) is 0 Å². The number of carbonyl (C=O) groups excluding carboxylic acids is 2. The Labute approximate surface area is 151 Å². The van der Waals surface area contributed by atoms with Crippen molar-refractivity contribution >= 4 is 22.8 Å². The van der Waals surface area contributed by atoms with Crippen LogP contribution < -0.4 is 5.32 Å². The van der Waals surface area contributed by atoms with E-state index < -0.39 is 5.97 Å². The van der Waals surface area contributed by atoms with Crippen LogP contribution in [0.2, 0.25) is 0 Å². The fourth-order valence-corrected chi connectivity index (χ4v) is 2.74. The van der Waals surface area contributed by atoms with Gasteiger partial charge in [-0.1, -0.05) is 48.5 Å². The second-order valence-electron chi connectivity index (χ2n) is 6.19. The fourth-order valence-electron chi connectivity index (χ4n) is 2.74. The van der Waals surface area contributed by atoms with Gasteiger partial charge in [-0.3, -0.25) is 9.89 Å². The monoisotopic (exact) mass is 351 g/mol. The first-order chi connectivity index (χ1) is 12.6. The Morgan fingerprint density at radius 2 is 1.85 bits per heavy atom. The number of H-pyrrole nitrogens is 1. The molecule has 0 fully saturated rings. The normalized spacial score (nSPS) is 11.9. The van der Waals surface area contributed by atoms with E-state index in [4.69, 9.17) is 4.74 Å². The molecule has 1 atom stereocenters. The maximum Gasteiger partial charge on any atom is 0.359 e. The Hall–Kier alpha value is -3.15. The van der Waals surface area contributed by atoms with Gasteiger partial charge < -0.3 is 10.1 Å². The molecule has 3 rings (SSSR count). The second-order valence-corrected chi connectivity index (χ2v) is 6.19. The Morgan fingerprint density at radius 1 is 1.12 bits per heavy atom. The number of rotatable bonds is 7. The first-order valence-electron chi connectivity index (χ1n) is 8.57. The molecule has 26 heavy (non-hydrogen) atoms. The van der Waals surface area contributed by atoms with Crippen LogP contribution in [0.25, 0.3) is 10.9 Å². The number of para-hydroxylation sites is 1. The van der Waals surface area contributed by atoms with Gasteiger partial charge in [-0.2, -0.15) is 5.10 Å². The van der Waals surface area contributed by atoms with Gasteiger partial charge in [0.25, 0.3) is 5.91 Å². The molecule has 0 aliphatic heterocycles. The van der Waals surface area contributed by atoms with E-state index in [1.807, 2.05) is 43.3 Å². The number of esters is 1. The molecule has 6 heteroatoms. The lowest BCUT2D eigenvalue weighted by atomic mass is 10.1. The first kappa shape index (κ1) is 17.7. The summed E-state index contributed by atoms with van der Waals surface area (Å²) in [6, 6.07) is 17.3. The van der Waals surface area contributed by atoms with E-state index in [-0.39, 0.29) is 24.2 Å². The van der Waals surface area contributed by atoms with E-state index in [1.54, 1.807) is 6.07 Å². The summed E-state index contributed by atoms with van der Waals surface area (Å²) in [5.74, 6) is -0.937. The second kappa shape index (κ2) is 8.29. The van der Waals surface area contributed by atoms with Crippen molar-refractivity contribution in [3.05, 3.63) is 65.9 Å². The summed E-state index contributed by atoms with van der Waals surface area (Å²) >= 11 is 0. The Kier molecular flexibility index (Phi) is 5.63. The zero-order chi connectivity index (χ0) is 18.4. The quantitative estimate of drug-likeness (QED) is 0.641. The lowest BCUT2D eigenvalue weighted by Gasteiger charge is -2.13. The molecule has 134 valence electrons. The van der Waals surface area contributed by atoms with Crippen LogP contribution in [0.1, 0.15) is 29.4 Å². The van der Waals surface area contributed by atoms with Crippen molar-refractivity contribution in [3.8, 4) is 0 Å². The minimum absolute atomic E-state index is 0.00683. The summed E-state index contributed by atoms with van der Waals surface area (Å²) in [5, 5.41) is 10.3. The van der Waals surface area contributed by atoms with E-state index in [1.165, 1.54) is 5.56 Å². The molecule has 1 aromatic heterocycles. The van der Waals surface area contributed by atoms with Gasteiger partial charge in [-0.25, -0.2) is 4.79 Å². The number of aryl methyl sites for hydroxylation is 1. The number of amides is 1. The van der Waals surface area contributed by atoms with Crippen molar-refractivity contribution in [1.29, 1.82) is 0 Å². The van der Waals surface area contributed by atoms with Crippen LogP contribution in [0.5, 0.6) is 0 Å². The van der Waals surface area contributed by atoms with Gasteiger partial charge >= 0.3 is 5.97 Å². The topological polar surface area (TPSA) is 84.1 Å². The van der Waals surface area contributed by atoms with E-state index in [0.29, 0.717) is 5.39 Å². The molecule has 0 aliphatic rings. The third-order valence-corrected chi connectivity index (χ3v) is 4.11. The molecule has 1 heterocycles. The van der Waals surface area contributed by atoms with Crippen LogP contribution in [0.15, 0.2) is 54.6 Å². The zero-order valence-corrected chi connectivity index (χ0v) is 14.6. The van der Waals surface area contributed by atoms with E-state index in [9.17, 15) is 9.59 Å². The number of nitrogens with zero attached hydrogens (tertiary/aromatic N) is 1. The summed E-state index contributed by atoms with van der Waals surface area (Å²) in [6.07, 6.45) is 1.69. The molecule has 2 N–H and O–H groups in total. The molecule has 0 aliphatic carbocycles. The third-order valence-electron chi connectivity index (χ3n) is 4.11. The average molecular weight is 351 g/mol. The SMILES string of the molecule is C[C@H](CCc1ccccc1)NC(=O)COC(=O)c1n[nH]c2ccccc12. The molecule has 2 aromatic carbocycles. The summed E-state index contributed by atoms with van der Waals surface area (Å²) < 4.78 is 5.09. The molecule has 1 amide bonds. The van der Waals surface area contributed by atoms with Crippen LogP contribution in [0.3, 0.4) is 0 Å². The van der Waals surface area contributed by atoms with Gasteiger partial charge in [0, 0.05) is 11.4 Å². The number of carbonyl (C=O) groups is 2. The third kappa shape index (κ3) is 4.47. The molecule has 3 aromatic rings. The number of nitrogens with one attached hydrogen (secondary N) is 2. The summed E-state index contributed by atoms with van der Waals surface area (Å²) in [7, 11) is 0. The largest absolute Gasteiger partial charge is 0.451 e. The van der Waals surface area contributed by atoms with E-state index in [0.717, 1.165) is 18.4 Å². The lowest BCUT2D eigenvalue weighted by molar-refractivity contribution is -0.124. The van der Waals surface area contributed by atoms with Crippen LogP contribution in [0.4, 0.5) is 0 Å². The Morgan fingerprint density at radius 3 is 2.65 bits per heavy atom. The van der Waals surface area contributed by atoms with Crippen LogP contribution in [-0.4, -0.2) is 34.7 Å². The molecule has 0 bridgehead atoms. The average Bonchev–Trinajstić information content (AvgIpc) is 3.09. The molecule has 0 spiro atoms. The maximum atomic E-state index is 12.1. The number of hydrogen-bond donors (Lipinski definition) is 2. The van der Waals surface area contributed by atoms with Crippen LogP contribution in [-0.2, 0) is 16.0 Å². The van der Waals surface area contributed by atoms with Gasteiger partial charge in [-0.15, -0.1) is 0 Å². The summed E-state index contributed by atoms with van der Waals surface area (Å²) in [4.78, 5) is 24.1. The number of aromatic nitrogens is 2. The van der Waals surface area contributed by atoms with Gasteiger partial charge in [-0.05, 0) is 31.4 Å². The fraction of sp³-hybridized carbons (Fsp3) is 0.250. The zero-order valence-electron chi connectivity index (χ0n) is 14.6. The van der Waals surface area contributed by atoms with Crippen molar-refractivity contribution in [2.75, 3.05) is 6.61 Å². The molecule has 0 saturated heterocycles. The molecule has 0 radical (unpaired) electrons. The van der Waals surface area contributed by atoms with Crippen LogP contribution in [0, 0.1) is 0 Å². The highest BCUT2D eigenvalue weighted by atomic mass is 16.5. The van der Waals surface area contributed by atoms with Gasteiger partial charge in [0.05, 0.1) is 5.52 Å². The molecular weight excluding hydrogens is 330 g/mol. The Bertz CT molecular complexity index is 889. The molecular formula is C20H21N3O3. The molecule has 0 saturated carbocycles. The number of benzene rings is 2. The minimum Gasteiger partial charge on any atom is -0.451 e. The Balaban J connectivity index is 1.45. The van der Waals surface area contributed by atoms with E-state index >= 15 is 0 Å². The summed E-state index contributed by atoms with van der Waals surface area (Å²) in [5.41, 5.74) is 2.16. The highest BCUT2D eigenvalue weighted by Gasteiger charge is 2.17. The number of fused-ring (bicyclic) bond motifs is 1. The van der Waals surface area contributed by atoms with Gasteiger partial charge in [0.2, 0.25) is 0 Å². The molecule has 6 nitrogen and oxygen atoms in total. The number of aromatic amines is 1. The predicted molar refractivity (Wildman–Crippen MR) is 98.7 cm³/mol. The van der Waals surface area contributed by atoms with Crippen LogP contribution >= 0.6 is 0 Å². The smallest absolute Gasteiger partial charge is 0.359 e. The lowest BCUT2D eigenvalue weighted by Crippen LogP contribution is -2.36. The standard InChI is InChI=1S/C20H21N3O3/c1-14(11-12-15-7-3-2-4-8-15)21-18(24)13-26-20(25)19-16-9-5-6-10-17(16)22-23-19/h2-10,14H,11-13H2,1H3,(H,21,24)(H,22,23)/t14-/m1/s1. The maximum absolute atomic E-state index is 12.1. The summed E-state index contributed by atoms with van der Waals surface area (Å²) in [6.45, 7) is 1.61. The van der Waals surface area contributed by atoms with E-state index in [2.05, 4.69) is 27.6 Å². The highest BCUT2D eigenvalue weighted by Crippen LogP contribution is 2.15. The number of hydrogen-bond acceptors (Lipinski definition) is 4. The highest BCUT2D eigenvalue weighted by molar-refractivity contribution is 6.02. The van der Waals surface area contributed by atoms with Gasteiger partial charge in [0.1, 0.15) is 0 Å². The minimum atomic E-state index is -0.616. The van der Waals surface area contributed by atoms with Crippen molar-refractivity contribution in [1.82, 2.24) is 15.5 Å². The number of ether oxygens (including phenoxy) is 1. The van der Waals surface area contributed by atoms with Crippen molar-refractivity contribution in [3.63, 3.8) is 0 Å². The molecule has 0 unspecified atom stereocenters.